The van der Waals surface area contributed by atoms with Gasteiger partial charge in [0.25, 0.3) is 5.91 Å². The summed E-state index contributed by atoms with van der Waals surface area (Å²) in [6.45, 7) is 5.61. The van der Waals surface area contributed by atoms with E-state index in [2.05, 4.69) is 10.6 Å². The molecule has 0 radical (unpaired) electrons. The fraction of sp³-hybridized carbons (Fsp3) is 0.455. The standard InChI is InChI=1S/C11H15ClN2O2S/c1-11(2,3)14-9(15)6-13-10(16)7-4-5-8(12)17-7/h4-5H,6H2,1-3H3,(H,13,16)(H,14,15). The number of amides is 2. The number of nitrogens with one attached hydrogen (secondary N) is 2. The van der Waals surface area contributed by atoms with Gasteiger partial charge >= 0.3 is 0 Å². The van der Waals surface area contributed by atoms with Crippen LogP contribution in [0.3, 0.4) is 0 Å². The molecule has 94 valence electrons. The summed E-state index contributed by atoms with van der Waals surface area (Å²) in [5, 5.41) is 5.29. The highest BCUT2D eigenvalue weighted by atomic mass is 35.5. The summed E-state index contributed by atoms with van der Waals surface area (Å²) in [4.78, 5) is 23.5. The second-order valence-corrected chi connectivity index (χ2v) is 6.30. The molecule has 0 saturated heterocycles. The van der Waals surface area contributed by atoms with Crippen molar-refractivity contribution in [1.82, 2.24) is 10.6 Å². The predicted molar refractivity (Wildman–Crippen MR) is 69.6 cm³/mol. The fourth-order valence-electron chi connectivity index (χ4n) is 1.15. The van der Waals surface area contributed by atoms with E-state index in [0.717, 1.165) is 0 Å². The number of hydrogen-bond donors (Lipinski definition) is 2. The first-order valence-electron chi connectivity index (χ1n) is 5.12. The smallest absolute Gasteiger partial charge is 0.261 e. The zero-order valence-electron chi connectivity index (χ0n) is 9.96. The van der Waals surface area contributed by atoms with Gasteiger partial charge in [-0.1, -0.05) is 11.6 Å². The summed E-state index contributed by atoms with van der Waals surface area (Å²) >= 11 is 6.90. The van der Waals surface area contributed by atoms with Gasteiger partial charge < -0.3 is 10.6 Å². The average Bonchev–Trinajstić information content (AvgIpc) is 2.58. The number of rotatable bonds is 3. The van der Waals surface area contributed by atoms with E-state index in [1.807, 2.05) is 20.8 Å². The highest BCUT2D eigenvalue weighted by molar-refractivity contribution is 7.17. The Balaban J connectivity index is 2.41. The van der Waals surface area contributed by atoms with Gasteiger partial charge in [-0.05, 0) is 32.9 Å². The van der Waals surface area contributed by atoms with Gasteiger partial charge in [0.05, 0.1) is 15.8 Å². The first kappa shape index (κ1) is 14.0. The van der Waals surface area contributed by atoms with E-state index in [1.165, 1.54) is 11.3 Å². The Hall–Kier alpha value is -1.07. The van der Waals surface area contributed by atoms with Crippen LogP contribution in [0.15, 0.2) is 12.1 Å². The molecular formula is C11H15ClN2O2S. The molecule has 1 rings (SSSR count). The van der Waals surface area contributed by atoms with Crippen molar-refractivity contribution in [3.63, 3.8) is 0 Å². The van der Waals surface area contributed by atoms with Crippen molar-refractivity contribution < 1.29 is 9.59 Å². The molecule has 4 nitrogen and oxygen atoms in total. The number of carbonyl (C=O) groups excluding carboxylic acids is 2. The summed E-state index contributed by atoms with van der Waals surface area (Å²) in [6.07, 6.45) is 0. The minimum Gasteiger partial charge on any atom is -0.350 e. The Labute approximate surface area is 109 Å². The molecule has 0 aromatic carbocycles. The summed E-state index contributed by atoms with van der Waals surface area (Å²) in [5.41, 5.74) is -0.298. The van der Waals surface area contributed by atoms with Gasteiger partial charge in [-0.25, -0.2) is 0 Å². The van der Waals surface area contributed by atoms with Crippen molar-refractivity contribution in [2.45, 2.75) is 26.3 Å². The zero-order chi connectivity index (χ0) is 13.1. The molecule has 1 heterocycles. The largest absolute Gasteiger partial charge is 0.350 e. The minimum absolute atomic E-state index is 0.0361. The van der Waals surface area contributed by atoms with Crippen molar-refractivity contribution in [3.05, 3.63) is 21.3 Å². The number of thiophene rings is 1. The first-order chi connectivity index (χ1) is 7.78. The van der Waals surface area contributed by atoms with Gasteiger partial charge in [0.2, 0.25) is 5.91 Å². The first-order valence-corrected chi connectivity index (χ1v) is 6.32. The van der Waals surface area contributed by atoms with Gasteiger partial charge in [0, 0.05) is 5.54 Å². The van der Waals surface area contributed by atoms with Gasteiger partial charge in [-0.3, -0.25) is 9.59 Å². The minimum atomic E-state index is -0.298. The number of hydrogen-bond acceptors (Lipinski definition) is 3. The highest BCUT2D eigenvalue weighted by Gasteiger charge is 2.15. The van der Waals surface area contributed by atoms with Crippen molar-refractivity contribution in [3.8, 4) is 0 Å². The monoisotopic (exact) mass is 274 g/mol. The molecule has 2 amide bonds. The normalized spacial score (nSPS) is 11.1. The topological polar surface area (TPSA) is 58.2 Å². The Morgan fingerprint density at radius 3 is 2.47 bits per heavy atom. The molecule has 0 unspecified atom stereocenters. The second-order valence-electron chi connectivity index (χ2n) is 4.58. The third kappa shape index (κ3) is 5.19. The van der Waals surface area contributed by atoms with Crippen LogP contribution in [0.1, 0.15) is 30.4 Å². The van der Waals surface area contributed by atoms with Crippen LogP contribution in [0.4, 0.5) is 0 Å². The molecule has 2 N–H and O–H groups in total. The summed E-state index contributed by atoms with van der Waals surface area (Å²) in [7, 11) is 0. The van der Waals surface area contributed by atoms with Crippen LogP contribution in [-0.4, -0.2) is 23.9 Å². The van der Waals surface area contributed by atoms with E-state index in [-0.39, 0.29) is 23.9 Å². The SMILES string of the molecule is CC(C)(C)NC(=O)CNC(=O)c1ccc(Cl)s1. The quantitative estimate of drug-likeness (QED) is 0.886. The van der Waals surface area contributed by atoms with E-state index in [0.29, 0.717) is 9.21 Å². The maximum Gasteiger partial charge on any atom is 0.261 e. The van der Waals surface area contributed by atoms with Crippen molar-refractivity contribution in [2.75, 3.05) is 6.54 Å². The van der Waals surface area contributed by atoms with Gasteiger partial charge in [0.1, 0.15) is 0 Å². The van der Waals surface area contributed by atoms with Crippen molar-refractivity contribution >= 4 is 34.8 Å². The molecule has 0 aliphatic carbocycles. The molecule has 0 aliphatic heterocycles. The number of halogens is 1. The van der Waals surface area contributed by atoms with Crippen molar-refractivity contribution in [2.24, 2.45) is 0 Å². The highest BCUT2D eigenvalue weighted by Crippen LogP contribution is 2.20. The van der Waals surface area contributed by atoms with Crippen LogP contribution in [-0.2, 0) is 4.79 Å². The van der Waals surface area contributed by atoms with Gasteiger partial charge in [0.15, 0.2) is 0 Å². The maximum atomic E-state index is 11.6. The molecule has 17 heavy (non-hydrogen) atoms. The lowest BCUT2D eigenvalue weighted by Crippen LogP contribution is -2.45. The average molecular weight is 275 g/mol. The number of carbonyl (C=O) groups is 2. The lowest BCUT2D eigenvalue weighted by atomic mass is 10.1. The van der Waals surface area contributed by atoms with Gasteiger partial charge in [-0.15, -0.1) is 11.3 Å². The van der Waals surface area contributed by atoms with E-state index in [1.54, 1.807) is 12.1 Å². The molecule has 0 bridgehead atoms. The van der Waals surface area contributed by atoms with Crippen molar-refractivity contribution in [1.29, 1.82) is 0 Å². The molecule has 0 spiro atoms. The molecule has 6 heteroatoms. The van der Waals surface area contributed by atoms with Crippen LogP contribution in [0, 0.1) is 0 Å². The molecule has 0 saturated carbocycles. The van der Waals surface area contributed by atoms with Crippen LogP contribution < -0.4 is 10.6 Å². The Morgan fingerprint density at radius 1 is 1.35 bits per heavy atom. The van der Waals surface area contributed by atoms with Crippen LogP contribution in [0.5, 0.6) is 0 Å². The van der Waals surface area contributed by atoms with Crippen LogP contribution in [0.25, 0.3) is 0 Å². The van der Waals surface area contributed by atoms with E-state index in [9.17, 15) is 9.59 Å². The molecular weight excluding hydrogens is 260 g/mol. The summed E-state index contributed by atoms with van der Waals surface area (Å²) in [5.74, 6) is -0.500. The molecule has 0 aliphatic rings. The molecule has 1 aromatic rings. The molecule has 0 atom stereocenters. The zero-order valence-corrected chi connectivity index (χ0v) is 11.5. The molecule has 1 aromatic heterocycles. The molecule has 0 fully saturated rings. The fourth-order valence-corrected chi connectivity index (χ4v) is 2.11. The van der Waals surface area contributed by atoms with E-state index < -0.39 is 0 Å². The van der Waals surface area contributed by atoms with Crippen LogP contribution in [0.2, 0.25) is 4.34 Å². The third-order valence-corrected chi connectivity index (χ3v) is 2.95. The van der Waals surface area contributed by atoms with E-state index in [4.69, 9.17) is 11.6 Å². The Bertz CT molecular complexity index is 423. The second kappa shape index (κ2) is 5.51. The Morgan fingerprint density at radius 2 is 2.00 bits per heavy atom. The van der Waals surface area contributed by atoms with Gasteiger partial charge in [-0.2, -0.15) is 0 Å². The lowest BCUT2D eigenvalue weighted by molar-refractivity contribution is -0.121. The van der Waals surface area contributed by atoms with Crippen LogP contribution >= 0.6 is 22.9 Å². The Kier molecular flexibility index (Phi) is 4.54. The third-order valence-electron chi connectivity index (χ3n) is 1.72. The summed E-state index contributed by atoms with van der Waals surface area (Å²) < 4.78 is 0.550. The summed E-state index contributed by atoms with van der Waals surface area (Å²) in [6, 6.07) is 3.28. The predicted octanol–water partition coefficient (Wildman–Crippen LogP) is 2.05. The lowest BCUT2D eigenvalue weighted by Gasteiger charge is -2.20. The maximum absolute atomic E-state index is 11.6. The van der Waals surface area contributed by atoms with E-state index >= 15 is 0 Å².